The van der Waals surface area contributed by atoms with Gasteiger partial charge in [0.2, 0.25) is 0 Å². The lowest BCUT2D eigenvalue weighted by Gasteiger charge is -2.31. The molecule has 8 N–H and O–H groups in total. The number of nitrogen functional groups attached to an aromatic ring is 3. The van der Waals surface area contributed by atoms with E-state index in [4.69, 9.17) is 33.5 Å². The Morgan fingerprint density at radius 1 is 0.474 bits per heavy atom. The summed E-state index contributed by atoms with van der Waals surface area (Å²) < 4.78 is 172. The Hall–Kier alpha value is -10.1. The highest BCUT2D eigenvalue weighted by molar-refractivity contribution is 9.10. The van der Waals surface area contributed by atoms with Crippen molar-refractivity contribution < 1.29 is 71.7 Å². The lowest BCUT2D eigenvalue weighted by atomic mass is 10.1. The predicted molar refractivity (Wildman–Crippen MR) is 415 cm³/mol. The Morgan fingerprint density at radius 2 is 0.851 bits per heavy atom. The van der Waals surface area contributed by atoms with E-state index in [1.807, 2.05) is 25.8 Å². The number of pyridine rings is 2. The van der Waals surface area contributed by atoms with Crippen LogP contribution < -0.4 is 22.5 Å². The number of aromatic amines is 1. The van der Waals surface area contributed by atoms with Crippen LogP contribution >= 0.6 is 27.5 Å². The number of hydrogen-bond donors (Lipinski definition) is 5. The minimum atomic E-state index is -2.59. The summed E-state index contributed by atoms with van der Waals surface area (Å²) in [5.41, 5.74) is 25.0. The van der Waals surface area contributed by atoms with E-state index in [-0.39, 0.29) is 80.6 Å². The van der Waals surface area contributed by atoms with Crippen molar-refractivity contribution >= 4 is 68.4 Å². The molecule has 612 valence electrons. The summed E-state index contributed by atoms with van der Waals surface area (Å²) in [4.78, 5) is 38.9. The number of carbonyl (C=O) groups excluding carboxylic acids is 2. The average molecular weight is 1690 g/mol. The van der Waals surface area contributed by atoms with Gasteiger partial charge in [-0.2, -0.15) is 20.4 Å². The summed E-state index contributed by atoms with van der Waals surface area (Å²) in [6.45, 7) is 7.40. The molecule has 4 aromatic carbocycles. The van der Waals surface area contributed by atoms with Crippen LogP contribution in [0.15, 0.2) is 163 Å². The van der Waals surface area contributed by atoms with Crippen molar-refractivity contribution in [3.8, 4) is 44.5 Å². The highest BCUT2D eigenvalue weighted by atomic mass is 79.9. The molecule has 0 bridgehead atoms. The number of rotatable bonds is 19. The van der Waals surface area contributed by atoms with Gasteiger partial charge in [0.25, 0.3) is 23.7 Å². The minimum Gasteiger partial charge on any atom is -0.465 e. The number of methoxy groups -OCH3 is 2. The molecule has 10 heterocycles. The lowest BCUT2D eigenvalue weighted by molar-refractivity contribution is -0.0561. The quantitative estimate of drug-likeness (QED) is 0.0286. The van der Waals surface area contributed by atoms with Crippen molar-refractivity contribution in [1.82, 2.24) is 69.1 Å². The van der Waals surface area contributed by atoms with E-state index in [2.05, 4.69) is 61.4 Å². The second-order valence-electron chi connectivity index (χ2n) is 27.1. The van der Waals surface area contributed by atoms with Gasteiger partial charge in [0, 0.05) is 189 Å². The van der Waals surface area contributed by atoms with E-state index >= 15 is 0 Å². The molecule has 114 heavy (non-hydrogen) atoms. The van der Waals surface area contributed by atoms with Crippen LogP contribution in [0.2, 0.25) is 0 Å². The van der Waals surface area contributed by atoms with Gasteiger partial charge >= 0.3 is 11.9 Å². The number of alkyl halides is 9. The number of halogens is 14. The first-order valence-corrected chi connectivity index (χ1v) is 37.7. The predicted octanol–water partition coefficient (Wildman–Crippen LogP) is 15.7. The molecule has 6 aromatic heterocycles. The zero-order valence-electron chi connectivity index (χ0n) is 62.5. The molecular weight excluding hydrogens is 1600 g/mol. The van der Waals surface area contributed by atoms with E-state index in [1.165, 1.54) is 87.4 Å². The lowest BCUT2D eigenvalue weighted by Crippen LogP contribution is -2.40. The van der Waals surface area contributed by atoms with Gasteiger partial charge in [-0.15, -0.1) is 11.6 Å². The van der Waals surface area contributed by atoms with Gasteiger partial charge in [-0.25, -0.2) is 67.0 Å². The topological polar surface area (TPSA) is 264 Å². The molecular formula is C78H88BrClF12N18O4. The normalized spacial score (nSPS) is 16.5. The second-order valence-corrected chi connectivity index (χ2v) is 28.3. The van der Waals surface area contributed by atoms with Gasteiger partial charge in [0.15, 0.2) is 11.6 Å². The van der Waals surface area contributed by atoms with E-state index in [0.29, 0.717) is 148 Å². The highest BCUT2D eigenvalue weighted by Crippen LogP contribution is 2.35. The maximum absolute atomic E-state index is 13.5. The molecule has 0 spiro atoms. The van der Waals surface area contributed by atoms with Gasteiger partial charge in [0.1, 0.15) is 34.9 Å². The fraction of sp³-hybridized carbons (Fsp3) is 0.385. The van der Waals surface area contributed by atoms with E-state index < -0.39 is 29.7 Å². The van der Waals surface area contributed by atoms with E-state index in [9.17, 15) is 62.3 Å². The van der Waals surface area contributed by atoms with Crippen LogP contribution in [0.3, 0.4) is 0 Å². The molecule has 0 saturated carbocycles. The molecule has 10 aromatic rings. The molecule has 4 saturated heterocycles. The summed E-state index contributed by atoms with van der Waals surface area (Å²) >= 11 is 8.65. The minimum absolute atomic E-state index is 0.0100. The van der Waals surface area contributed by atoms with Crippen molar-refractivity contribution in [3.63, 3.8) is 0 Å². The zero-order valence-corrected chi connectivity index (χ0v) is 64.8. The number of aromatic nitrogens is 10. The number of hydrogen-bond acceptors (Lipinski definition) is 18. The van der Waals surface area contributed by atoms with E-state index in [0.717, 1.165) is 45.5 Å². The number of nitrogens with two attached hydrogens (primary N) is 3. The molecule has 4 aliphatic rings. The number of anilines is 5. The molecule has 22 nitrogen and oxygen atoms in total. The van der Waals surface area contributed by atoms with Crippen LogP contribution in [0.25, 0.3) is 44.5 Å². The van der Waals surface area contributed by atoms with Crippen LogP contribution in [0.1, 0.15) is 72.1 Å². The molecule has 0 radical (unpaired) electrons. The average Bonchev–Trinajstić information content (AvgIpc) is 1.67. The molecule has 0 unspecified atom stereocenters. The molecule has 36 heteroatoms. The second kappa shape index (κ2) is 41.3. The Bertz CT molecular complexity index is 4590. The summed E-state index contributed by atoms with van der Waals surface area (Å²) in [6.07, 6.45) is 12.3. The third-order valence-electron chi connectivity index (χ3n) is 19.0. The zero-order chi connectivity index (χ0) is 82.2. The number of likely N-dealkylation sites (tertiary alicyclic amines) is 4. The van der Waals surface area contributed by atoms with Crippen LogP contribution in [0.4, 0.5) is 81.6 Å². The Labute approximate surface area is 664 Å². The smallest absolute Gasteiger partial charge is 0.340 e. The van der Waals surface area contributed by atoms with Crippen LogP contribution in [-0.4, -0.2) is 203 Å². The number of nitrogens with zero attached hydrogens (tertiary/aromatic N) is 13. The summed E-state index contributed by atoms with van der Waals surface area (Å²) in [5.74, 6) is -9.83. The Kier molecular flexibility index (Phi) is 31.8. The fourth-order valence-corrected chi connectivity index (χ4v) is 12.9. The number of carbonyl (C=O) groups is 2. The molecule has 4 fully saturated rings. The van der Waals surface area contributed by atoms with Gasteiger partial charge in [-0.3, -0.25) is 24.4 Å². The first-order chi connectivity index (χ1) is 54.4. The van der Waals surface area contributed by atoms with Crippen molar-refractivity contribution in [2.45, 2.75) is 94.7 Å². The Morgan fingerprint density at radius 3 is 1.27 bits per heavy atom. The summed E-state index contributed by atoms with van der Waals surface area (Å²) in [7, 11) is 2.64. The number of piperidine rings is 4. The van der Waals surface area contributed by atoms with Crippen molar-refractivity contribution in [3.05, 3.63) is 198 Å². The summed E-state index contributed by atoms with van der Waals surface area (Å²) in [6, 6.07) is 27.3. The number of ether oxygens (including phenoxy) is 2. The fourth-order valence-electron chi connectivity index (χ4n) is 12.3. The third-order valence-corrected chi connectivity index (χ3v) is 19.8. The maximum Gasteiger partial charge on any atom is 0.340 e. The third kappa shape index (κ3) is 26.8. The molecule has 0 atom stereocenters. The van der Waals surface area contributed by atoms with Crippen LogP contribution in [0, 0.1) is 23.3 Å². The van der Waals surface area contributed by atoms with E-state index in [1.54, 1.807) is 93.4 Å². The number of benzene rings is 4. The number of nitrogens with one attached hydrogen (secondary N) is 2. The SMILES string of the molecule is COC(=O)c1ccncc1Br.COC(=O)c1ccncc1Nc1nn(CCN2CCC(F)(F)CC2)cc1-c1ccc(F)cc1.FC1(F)CCN(CCCl)CC1.Nc1[nH]ncc1-c1ccc(F)cc1.Nc1c(-c2ccc(F)cc2)cnn1CCN1CCC(F)(F)CC1.Nc1nn(CCN2CCC(F)(F)CC2)cc1-c1ccc(F)cc1. The van der Waals surface area contributed by atoms with Gasteiger partial charge in [-0.05, 0) is 98.8 Å². The van der Waals surface area contributed by atoms with Gasteiger partial charge < -0.3 is 51.6 Å². The van der Waals surface area contributed by atoms with Crippen molar-refractivity contribution in [2.24, 2.45) is 0 Å². The largest absolute Gasteiger partial charge is 0.465 e. The number of esters is 2. The molecule has 14 rings (SSSR count). The summed E-state index contributed by atoms with van der Waals surface area (Å²) in [5, 5.41) is 22.6. The standard InChI is InChI=1S/C23H24F3N5O2.2C16H19F3N4.C9H8FN3.C7H6BrNO2.C7H12ClF2N/c1-33-22(32)18-6-9-27-14-20(18)28-21-19(16-2-4-17(24)5-3-16)15-31(29-21)13-12-30-10-7-23(25,26)8-11-30;17-13-3-1-12(2-4-13)14-11-23(21-15(14)20)10-9-22-7-5-16(18,19)6-8-22;17-13-3-1-12(2-4-13)14-11-21-23(15(14)20)10-9-22-7-5-16(18,19)6-8-22;10-7-3-1-6(2-4-7)8-5-12-13-9(8)11;1-11-7(10)5-2-3-9-4-6(5)8;8-3-6-11-4-1-7(9,10)2-5-11/h2-6,9,14-15H,7-8,10-13H2,1H3,(H,28,29);1-4,11H,5-10H2,(H2,20,21);1-4,11H,5-10,20H2;1-5H,(H3,11,12,13);2-4H,1H3;1-6H2. The van der Waals surface area contributed by atoms with Crippen LogP contribution in [0.5, 0.6) is 0 Å². The van der Waals surface area contributed by atoms with Crippen molar-refractivity contribution in [1.29, 1.82) is 0 Å². The maximum atomic E-state index is 13.5. The number of H-pyrrole nitrogens is 1. The van der Waals surface area contributed by atoms with Crippen molar-refractivity contribution in [2.75, 3.05) is 121 Å². The van der Waals surface area contributed by atoms with Gasteiger partial charge in [0.05, 0.1) is 73.7 Å². The molecule has 4 aliphatic heterocycles. The monoisotopic (exact) mass is 1680 g/mol. The molecule has 0 amide bonds. The molecule has 0 aliphatic carbocycles. The van der Waals surface area contributed by atoms with Crippen LogP contribution in [-0.2, 0) is 29.1 Å². The highest BCUT2D eigenvalue weighted by Gasteiger charge is 2.37. The first kappa shape index (κ1) is 87.9. The Balaban J connectivity index is 0.000000164. The first-order valence-electron chi connectivity index (χ1n) is 36.4. The van der Waals surface area contributed by atoms with Gasteiger partial charge in [-0.1, -0.05) is 48.5 Å².